The second-order valence-electron chi connectivity index (χ2n) is 12.4. The van der Waals surface area contributed by atoms with Gasteiger partial charge in [0.25, 0.3) is 0 Å². The highest BCUT2D eigenvalue weighted by atomic mass is 15.3. The number of aromatic nitrogens is 2. The third-order valence-corrected chi connectivity index (χ3v) is 9.74. The van der Waals surface area contributed by atoms with Crippen molar-refractivity contribution in [2.75, 3.05) is 0 Å². The Hall–Kier alpha value is -6.39. The van der Waals surface area contributed by atoms with Gasteiger partial charge in [-0.2, -0.15) is 0 Å². The molecule has 4 heteroatoms. The van der Waals surface area contributed by atoms with Crippen LogP contribution in [0.15, 0.2) is 175 Å². The lowest BCUT2D eigenvalue weighted by Gasteiger charge is -2.27. The Morgan fingerprint density at radius 1 is 0.479 bits per heavy atom. The first-order valence-corrected chi connectivity index (χ1v) is 16.4. The molecular weight excluding hydrogens is 585 g/mol. The molecule has 1 aliphatic rings. The van der Waals surface area contributed by atoms with Crippen LogP contribution >= 0.6 is 0 Å². The Bertz CT molecular complexity index is 2740. The van der Waals surface area contributed by atoms with Gasteiger partial charge in [-0.1, -0.05) is 140 Å². The number of hydrogen-bond donors (Lipinski definition) is 1. The number of fused-ring (bicyclic) bond motifs is 8. The first-order valence-electron chi connectivity index (χ1n) is 16.4. The summed E-state index contributed by atoms with van der Waals surface area (Å²) in [5.41, 5.74) is 10.1. The van der Waals surface area contributed by atoms with Crippen LogP contribution in [0.1, 0.15) is 17.4 Å². The maximum Gasteiger partial charge on any atom is 0.201 e. The fourth-order valence-electron chi connectivity index (χ4n) is 7.65. The van der Waals surface area contributed by atoms with Crippen molar-refractivity contribution < 1.29 is 0 Å². The van der Waals surface area contributed by atoms with E-state index >= 15 is 0 Å². The van der Waals surface area contributed by atoms with Crippen molar-refractivity contribution in [2.24, 2.45) is 4.99 Å². The minimum absolute atomic E-state index is 0.365. The van der Waals surface area contributed by atoms with Gasteiger partial charge in [0, 0.05) is 32.6 Å². The van der Waals surface area contributed by atoms with Gasteiger partial charge in [-0.3, -0.25) is 0 Å². The monoisotopic (exact) mass is 614 g/mol. The SMILES string of the molecule is C1=C(c2ccccc2)NC(n2c3ccccc3c3c4c(ccc32)c2ccccc2n4-c2cccc3ccccc23)N=C1c1ccccc1. The average Bonchev–Trinajstić information content (AvgIpc) is 3.68. The van der Waals surface area contributed by atoms with Crippen LogP contribution in [0, 0.1) is 0 Å². The summed E-state index contributed by atoms with van der Waals surface area (Å²) in [4.78, 5) is 5.40. The first-order chi connectivity index (χ1) is 23.8. The normalized spacial score (nSPS) is 14.9. The van der Waals surface area contributed by atoms with E-state index in [9.17, 15) is 0 Å². The summed E-state index contributed by atoms with van der Waals surface area (Å²) in [5.74, 6) is 0. The maximum absolute atomic E-state index is 5.40. The van der Waals surface area contributed by atoms with Crippen molar-refractivity contribution in [2.45, 2.75) is 6.29 Å². The van der Waals surface area contributed by atoms with Crippen LogP contribution < -0.4 is 5.32 Å². The summed E-state index contributed by atoms with van der Waals surface area (Å²) < 4.78 is 4.86. The molecule has 226 valence electrons. The predicted molar refractivity (Wildman–Crippen MR) is 201 cm³/mol. The highest BCUT2D eigenvalue weighted by molar-refractivity contribution is 6.26. The van der Waals surface area contributed by atoms with E-state index in [2.05, 4.69) is 184 Å². The number of aliphatic imine (C=N–C) groups is 1. The summed E-state index contributed by atoms with van der Waals surface area (Å²) >= 11 is 0. The summed E-state index contributed by atoms with van der Waals surface area (Å²) in [7, 11) is 0. The molecule has 1 aliphatic heterocycles. The van der Waals surface area contributed by atoms with Crippen LogP contribution in [0.25, 0.3) is 65.8 Å². The van der Waals surface area contributed by atoms with Gasteiger partial charge >= 0.3 is 0 Å². The molecular formula is C44H30N4. The molecule has 0 saturated heterocycles. The Balaban J connectivity index is 1.31. The standard InChI is InChI=1S/C44H30N4/c1-3-15-30(16-4-1)36-28-37(31-17-5-2-6-18-31)46-44(45-36)48-40-24-12-10-22-35(40)42-41(48)27-26-34-33-21-9-11-23-39(33)47(43(34)42)38-25-13-19-29-14-7-8-20-32(29)38/h1-28,44-45H. The summed E-state index contributed by atoms with van der Waals surface area (Å²) in [6.07, 6.45) is 1.81. The minimum atomic E-state index is -0.365. The van der Waals surface area contributed by atoms with Crippen molar-refractivity contribution in [1.82, 2.24) is 14.5 Å². The van der Waals surface area contributed by atoms with Crippen molar-refractivity contribution in [3.63, 3.8) is 0 Å². The molecule has 0 saturated carbocycles. The molecule has 0 radical (unpaired) electrons. The van der Waals surface area contributed by atoms with Gasteiger partial charge in [-0.25, -0.2) is 4.99 Å². The van der Waals surface area contributed by atoms with Crippen molar-refractivity contribution >= 4 is 65.8 Å². The molecule has 0 amide bonds. The van der Waals surface area contributed by atoms with E-state index in [0.29, 0.717) is 0 Å². The number of nitrogens with one attached hydrogen (secondary N) is 1. The van der Waals surface area contributed by atoms with Gasteiger partial charge in [0.05, 0.1) is 33.5 Å². The van der Waals surface area contributed by atoms with Crippen LogP contribution in [0.5, 0.6) is 0 Å². The number of hydrogen-bond acceptors (Lipinski definition) is 2. The number of benzene rings is 7. The van der Waals surface area contributed by atoms with Crippen LogP contribution in [-0.4, -0.2) is 14.8 Å². The van der Waals surface area contributed by atoms with Crippen molar-refractivity contribution in [1.29, 1.82) is 0 Å². The molecule has 2 aromatic heterocycles. The van der Waals surface area contributed by atoms with Crippen molar-refractivity contribution in [3.8, 4) is 5.69 Å². The smallest absolute Gasteiger partial charge is 0.201 e. The number of rotatable bonds is 4. The zero-order chi connectivity index (χ0) is 31.6. The Morgan fingerprint density at radius 3 is 1.94 bits per heavy atom. The van der Waals surface area contributed by atoms with Gasteiger partial charge in [-0.15, -0.1) is 0 Å². The van der Waals surface area contributed by atoms with E-state index < -0.39 is 0 Å². The largest absolute Gasteiger partial charge is 0.346 e. The average molecular weight is 615 g/mol. The molecule has 7 aromatic carbocycles. The zero-order valence-electron chi connectivity index (χ0n) is 26.1. The first kappa shape index (κ1) is 26.8. The molecule has 48 heavy (non-hydrogen) atoms. The fourth-order valence-corrected chi connectivity index (χ4v) is 7.65. The van der Waals surface area contributed by atoms with E-state index in [0.717, 1.165) is 33.6 Å². The highest BCUT2D eigenvalue weighted by Gasteiger charge is 2.26. The fraction of sp³-hybridized carbons (Fsp3) is 0.0227. The second kappa shape index (κ2) is 10.6. The Morgan fingerprint density at radius 2 is 1.12 bits per heavy atom. The number of allylic oxidation sites excluding steroid dienone is 1. The third-order valence-electron chi connectivity index (χ3n) is 9.74. The van der Waals surface area contributed by atoms with Gasteiger partial charge in [-0.05, 0) is 46.9 Å². The zero-order valence-corrected chi connectivity index (χ0v) is 26.1. The number of para-hydroxylation sites is 2. The van der Waals surface area contributed by atoms with Gasteiger partial charge in [0.15, 0.2) is 0 Å². The Kier molecular flexibility index (Phi) is 5.90. The highest BCUT2D eigenvalue weighted by Crippen LogP contribution is 2.43. The van der Waals surface area contributed by atoms with Crippen LogP contribution in [0.4, 0.5) is 0 Å². The number of nitrogens with zero attached hydrogens (tertiary/aromatic N) is 3. The third kappa shape index (κ3) is 3.99. The minimum Gasteiger partial charge on any atom is -0.346 e. The molecule has 1 atom stereocenters. The maximum atomic E-state index is 5.40. The van der Waals surface area contributed by atoms with Crippen LogP contribution in [-0.2, 0) is 0 Å². The molecule has 9 aromatic rings. The van der Waals surface area contributed by atoms with E-state index in [1.807, 2.05) is 0 Å². The van der Waals surface area contributed by atoms with Gasteiger partial charge in [0.1, 0.15) is 0 Å². The molecule has 0 bridgehead atoms. The lowest BCUT2D eigenvalue weighted by molar-refractivity contribution is 0.508. The van der Waals surface area contributed by atoms with Crippen LogP contribution in [0.3, 0.4) is 0 Å². The van der Waals surface area contributed by atoms with E-state index in [-0.39, 0.29) is 6.29 Å². The molecule has 3 heterocycles. The molecule has 1 N–H and O–H groups in total. The molecule has 1 unspecified atom stereocenters. The van der Waals surface area contributed by atoms with Gasteiger partial charge in [0.2, 0.25) is 6.29 Å². The molecule has 0 aliphatic carbocycles. The summed E-state index contributed by atoms with van der Waals surface area (Å²) in [5, 5.41) is 11.2. The predicted octanol–water partition coefficient (Wildman–Crippen LogP) is 10.6. The second-order valence-corrected chi connectivity index (χ2v) is 12.4. The lowest BCUT2D eigenvalue weighted by atomic mass is 10.0. The molecule has 10 rings (SSSR count). The quantitative estimate of drug-likeness (QED) is 0.210. The molecule has 0 spiro atoms. The molecule has 0 fully saturated rings. The lowest BCUT2D eigenvalue weighted by Crippen LogP contribution is -2.29. The van der Waals surface area contributed by atoms with E-state index in [1.165, 1.54) is 49.0 Å². The van der Waals surface area contributed by atoms with E-state index in [1.54, 1.807) is 0 Å². The molecule has 4 nitrogen and oxygen atoms in total. The van der Waals surface area contributed by atoms with E-state index in [4.69, 9.17) is 4.99 Å². The van der Waals surface area contributed by atoms with Crippen LogP contribution in [0.2, 0.25) is 0 Å². The summed E-state index contributed by atoms with van der Waals surface area (Å²) in [6, 6.07) is 58.5. The Labute approximate surface area is 277 Å². The van der Waals surface area contributed by atoms with Gasteiger partial charge < -0.3 is 14.5 Å². The summed E-state index contributed by atoms with van der Waals surface area (Å²) in [6.45, 7) is 0. The van der Waals surface area contributed by atoms with Crippen molar-refractivity contribution in [3.05, 3.63) is 181 Å². The topological polar surface area (TPSA) is 34.2 Å².